The number of rotatable bonds is 13. The lowest BCUT2D eigenvalue weighted by Gasteiger charge is -2.33. The first-order chi connectivity index (χ1) is 23.9. The quantitative estimate of drug-likeness (QED) is 0.136. The first-order valence-corrected chi connectivity index (χ1v) is 16.7. The normalized spacial score (nSPS) is 20.4. The van der Waals surface area contributed by atoms with Gasteiger partial charge in [-0.1, -0.05) is 63.2 Å². The smallest absolute Gasteiger partial charge is 0.422 e. The van der Waals surface area contributed by atoms with Crippen molar-refractivity contribution in [1.29, 1.82) is 0 Å². The van der Waals surface area contributed by atoms with E-state index in [2.05, 4.69) is 15.7 Å². The number of carbonyl (C=O) groups excluding carboxylic acids is 3. The maximum Gasteiger partial charge on any atom is 0.422 e. The van der Waals surface area contributed by atoms with E-state index in [1.807, 2.05) is 36.4 Å². The Balaban J connectivity index is 1.37. The Labute approximate surface area is 291 Å². The first-order valence-electron chi connectivity index (χ1n) is 16.7. The number of nitrogens with zero attached hydrogens (tertiary/aromatic N) is 2. The summed E-state index contributed by atoms with van der Waals surface area (Å²) in [5, 5.41) is 16.1. The molecule has 0 radical (unpaired) electrons. The predicted octanol–water partition coefficient (Wildman–Crippen LogP) is 4.02. The van der Waals surface area contributed by atoms with Crippen LogP contribution in [-0.4, -0.2) is 84.5 Å². The van der Waals surface area contributed by atoms with Gasteiger partial charge >= 0.3 is 12.1 Å². The van der Waals surface area contributed by atoms with Crippen molar-refractivity contribution in [2.45, 2.75) is 64.7 Å². The van der Waals surface area contributed by atoms with Gasteiger partial charge in [0, 0.05) is 25.5 Å². The van der Waals surface area contributed by atoms with E-state index in [1.54, 1.807) is 45.3 Å². The minimum absolute atomic E-state index is 0.0772. The summed E-state index contributed by atoms with van der Waals surface area (Å²) in [5.41, 5.74) is 5.27. The Bertz CT molecular complexity index is 1590. The van der Waals surface area contributed by atoms with Gasteiger partial charge in [0.2, 0.25) is 5.91 Å². The summed E-state index contributed by atoms with van der Waals surface area (Å²) in [5.74, 6) is -2.95. The minimum atomic E-state index is -1.27. The molecule has 3 heterocycles. The Hall–Kier alpha value is -4.43. The van der Waals surface area contributed by atoms with Crippen LogP contribution in [0.3, 0.4) is 0 Å². The van der Waals surface area contributed by atoms with E-state index < -0.39 is 59.7 Å². The summed E-state index contributed by atoms with van der Waals surface area (Å²) in [6, 6.07) is 16.3. The average Bonchev–Trinajstić information content (AvgIpc) is 3.71. The highest BCUT2D eigenvalue weighted by Gasteiger charge is 2.44. The van der Waals surface area contributed by atoms with Crippen LogP contribution in [0, 0.1) is 23.1 Å². The zero-order valence-electron chi connectivity index (χ0n) is 28.7. The second-order valence-electron chi connectivity index (χ2n) is 13.7. The van der Waals surface area contributed by atoms with Crippen molar-refractivity contribution in [2.75, 3.05) is 26.9 Å². The third kappa shape index (κ3) is 9.63. The SMILES string of the molecule is COC(=O)C(C(=O)NC(Cc1ccc(-c2cccnc2)cc1)C(O)CN(Cc1ccc(F)cc1)NC(=O)OC1COC2OCCC12)C(C)(C)C. The van der Waals surface area contributed by atoms with Gasteiger partial charge in [-0.3, -0.25) is 20.0 Å². The number of halogens is 1. The molecule has 12 nitrogen and oxygen atoms in total. The Morgan fingerprint density at radius 3 is 2.42 bits per heavy atom. The van der Waals surface area contributed by atoms with Gasteiger partial charge in [0.25, 0.3) is 0 Å². The molecule has 3 N–H and O–H groups in total. The van der Waals surface area contributed by atoms with Crippen molar-refractivity contribution in [3.63, 3.8) is 0 Å². The number of hydrogen-bond acceptors (Lipinski definition) is 10. The highest BCUT2D eigenvalue weighted by molar-refractivity contribution is 5.98. The number of hydrazine groups is 1. The summed E-state index contributed by atoms with van der Waals surface area (Å²) in [4.78, 5) is 43.8. The molecule has 2 fully saturated rings. The van der Waals surface area contributed by atoms with Gasteiger partial charge in [-0.25, -0.2) is 14.2 Å². The van der Waals surface area contributed by atoms with Crippen LogP contribution in [-0.2, 0) is 41.5 Å². The van der Waals surface area contributed by atoms with Crippen LogP contribution in [0.15, 0.2) is 73.1 Å². The molecule has 2 aliphatic rings. The summed E-state index contributed by atoms with van der Waals surface area (Å²) in [6.07, 6.45) is 1.41. The summed E-state index contributed by atoms with van der Waals surface area (Å²) in [7, 11) is 1.22. The molecular weight excluding hydrogens is 647 g/mol. The van der Waals surface area contributed by atoms with E-state index in [-0.39, 0.29) is 32.0 Å². The number of pyridine rings is 1. The average molecular weight is 693 g/mol. The third-order valence-electron chi connectivity index (χ3n) is 8.95. The molecule has 2 saturated heterocycles. The number of esters is 1. The molecule has 50 heavy (non-hydrogen) atoms. The number of amides is 2. The van der Waals surface area contributed by atoms with Crippen LogP contribution in [0.4, 0.5) is 9.18 Å². The molecule has 1 aromatic heterocycles. The maximum absolute atomic E-state index is 13.7. The molecule has 6 unspecified atom stereocenters. The molecule has 6 atom stereocenters. The second kappa shape index (κ2) is 16.5. The van der Waals surface area contributed by atoms with Gasteiger partial charge in [0.05, 0.1) is 38.4 Å². The summed E-state index contributed by atoms with van der Waals surface area (Å²) >= 11 is 0. The van der Waals surface area contributed by atoms with Crippen LogP contribution in [0.2, 0.25) is 0 Å². The highest BCUT2D eigenvalue weighted by Crippen LogP contribution is 2.33. The van der Waals surface area contributed by atoms with Gasteiger partial charge in [-0.15, -0.1) is 0 Å². The maximum atomic E-state index is 13.7. The molecule has 5 rings (SSSR count). The van der Waals surface area contributed by atoms with Crippen molar-refractivity contribution in [3.8, 4) is 11.1 Å². The lowest BCUT2D eigenvalue weighted by atomic mass is 9.80. The number of carbonyl (C=O) groups is 3. The molecule has 0 spiro atoms. The summed E-state index contributed by atoms with van der Waals surface area (Å²) < 4.78 is 35.5. The minimum Gasteiger partial charge on any atom is -0.468 e. The number of hydrogen-bond donors (Lipinski definition) is 3. The number of ether oxygens (including phenoxy) is 4. The summed E-state index contributed by atoms with van der Waals surface area (Å²) in [6.45, 7) is 5.90. The van der Waals surface area contributed by atoms with E-state index in [0.717, 1.165) is 16.7 Å². The van der Waals surface area contributed by atoms with Gasteiger partial charge < -0.3 is 29.4 Å². The van der Waals surface area contributed by atoms with E-state index in [0.29, 0.717) is 18.6 Å². The lowest BCUT2D eigenvalue weighted by molar-refractivity contribution is -0.155. The Morgan fingerprint density at radius 2 is 1.76 bits per heavy atom. The van der Waals surface area contributed by atoms with Crippen molar-refractivity contribution >= 4 is 18.0 Å². The van der Waals surface area contributed by atoms with Crippen LogP contribution in [0.25, 0.3) is 11.1 Å². The van der Waals surface area contributed by atoms with Crippen molar-refractivity contribution in [2.24, 2.45) is 17.3 Å². The number of nitrogens with one attached hydrogen (secondary N) is 2. The standard InChI is InChI=1S/C37H45FN4O8/c1-37(2,3)32(34(45)47-4)33(44)40-29(18-23-7-11-25(12-8-23)26-6-5-16-39-19-26)30(43)21-42(20-24-9-13-27(38)14-10-24)41-36(46)50-31-22-49-35-28(31)15-17-48-35/h5-14,16,19,28-32,35,43H,15,17-18,20-22H2,1-4H3,(H,40,44)(H,41,46). The van der Waals surface area contributed by atoms with Crippen molar-refractivity contribution < 1.29 is 42.8 Å². The molecule has 268 valence electrons. The number of aliphatic hydroxyl groups excluding tert-OH is 1. The van der Waals surface area contributed by atoms with E-state index in [1.165, 1.54) is 24.3 Å². The molecule has 3 aromatic rings. The molecule has 2 amide bonds. The zero-order chi connectivity index (χ0) is 35.8. The second-order valence-corrected chi connectivity index (χ2v) is 13.7. The first kappa shape index (κ1) is 36.8. The third-order valence-corrected chi connectivity index (χ3v) is 8.95. The van der Waals surface area contributed by atoms with E-state index in [4.69, 9.17) is 18.9 Å². The topological polar surface area (TPSA) is 149 Å². The van der Waals surface area contributed by atoms with E-state index >= 15 is 0 Å². The lowest BCUT2D eigenvalue weighted by Crippen LogP contribution is -2.55. The zero-order valence-corrected chi connectivity index (χ0v) is 28.7. The number of aliphatic hydroxyl groups is 1. The predicted molar refractivity (Wildman–Crippen MR) is 180 cm³/mol. The van der Waals surface area contributed by atoms with Crippen LogP contribution in [0.1, 0.15) is 38.3 Å². The molecular formula is C37H45FN4O8. The van der Waals surface area contributed by atoms with Crippen LogP contribution < -0.4 is 10.7 Å². The van der Waals surface area contributed by atoms with E-state index in [9.17, 15) is 23.9 Å². The fraction of sp³-hybridized carbons (Fsp3) is 0.459. The van der Waals surface area contributed by atoms with Crippen molar-refractivity contribution in [3.05, 3.63) is 90.0 Å². The van der Waals surface area contributed by atoms with Gasteiger partial charge in [0.1, 0.15) is 17.8 Å². The number of aromatic nitrogens is 1. The number of methoxy groups -OCH3 is 1. The molecule has 2 aromatic carbocycles. The molecule has 0 bridgehead atoms. The largest absolute Gasteiger partial charge is 0.468 e. The Kier molecular flexibility index (Phi) is 12.2. The monoisotopic (exact) mass is 692 g/mol. The van der Waals surface area contributed by atoms with Gasteiger partial charge in [-0.2, -0.15) is 0 Å². The van der Waals surface area contributed by atoms with Gasteiger partial charge in [0.15, 0.2) is 6.29 Å². The fourth-order valence-corrected chi connectivity index (χ4v) is 6.30. The fourth-order valence-electron chi connectivity index (χ4n) is 6.30. The highest BCUT2D eigenvalue weighted by atomic mass is 19.1. The van der Waals surface area contributed by atoms with Crippen LogP contribution >= 0.6 is 0 Å². The molecule has 13 heteroatoms. The molecule has 0 saturated carbocycles. The Morgan fingerprint density at radius 1 is 1.04 bits per heavy atom. The molecule has 0 aliphatic carbocycles. The molecule has 2 aliphatic heterocycles. The van der Waals surface area contributed by atoms with Crippen LogP contribution in [0.5, 0.6) is 0 Å². The van der Waals surface area contributed by atoms with Gasteiger partial charge in [-0.05, 0) is 58.7 Å². The number of benzene rings is 2. The van der Waals surface area contributed by atoms with Crippen molar-refractivity contribution in [1.82, 2.24) is 20.7 Å². The number of fused-ring (bicyclic) bond motifs is 1.